The van der Waals surface area contributed by atoms with Crippen molar-refractivity contribution in [3.8, 4) is 0 Å². The van der Waals surface area contributed by atoms with E-state index in [4.69, 9.17) is 4.74 Å². The van der Waals surface area contributed by atoms with Crippen LogP contribution in [0.25, 0.3) is 0 Å². The number of nitrogens with zero attached hydrogens (tertiary/aromatic N) is 1. The van der Waals surface area contributed by atoms with E-state index >= 15 is 0 Å². The molecule has 0 amide bonds. The van der Waals surface area contributed by atoms with Crippen molar-refractivity contribution in [1.82, 2.24) is 4.37 Å². The fourth-order valence-electron chi connectivity index (χ4n) is 1.16. The largest absolute Gasteiger partial charge is 0.382 e. The summed E-state index contributed by atoms with van der Waals surface area (Å²) in [5.41, 5.74) is 1.45. The average molecular weight is 184 g/mol. The van der Waals surface area contributed by atoms with Gasteiger partial charge in [0, 0.05) is 17.3 Å². The fourth-order valence-corrected chi connectivity index (χ4v) is 1.65. The highest BCUT2D eigenvalue weighted by Gasteiger charge is 2.32. The third kappa shape index (κ3) is 1.59. The molecule has 0 atom stereocenters. The molecular formula is C8H12N2OS. The summed E-state index contributed by atoms with van der Waals surface area (Å²) in [5, 5.41) is 5.35. The topological polar surface area (TPSA) is 34.2 Å². The minimum atomic E-state index is 0.335. The molecule has 66 valence electrons. The number of aromatic nitrogens is 1. The van der Waals surface area contributed by atoms with Crippen molar-refractivity contribution in [3.63, 3.8) is 0 Å². The summed E-state index contributed by atoms with van der Waals surface area (Å²) in [7, 11) is 0. The molecule has 0 aromatic carbocycles. The van der Waals surface area contributed by atoms with Crippen molar-refractivity contribution in [1.29, 1.82) is 0 Å². The predicted molar refractivity (Wildman–Crippen MR) is 49.5 cm³/mol. The van der Waals surface area contributed by atoms with E-state index in [2.05, 4.69) is 16.6 Å². The Bertz CT molecular complexity index is 244. The first kappa shape index (κ1) is 8.01. The number of hydrogen-bond donors (Lipinski definition) is 1. The lowest BCUT2D eigenvalue weighted by Gasteiger charge is -2.38. The molecule has 2 rings (SSSR count). The van der Waals surface area contributed by atoms with Gasteiger partial charge in [0.15, 0.2) is 0 Å². The molecule has 0 saturated carbocycles. The van der Waals surface area contributed by atoms with Crippen molar-refractivity contribution >= 4 is 17.2 Å². The number of anilines is 1. The zero-order chi connectivity index (χ0) is 8.44. The Morgan fingerprint density at radius 3 is 3.08 bits per heavy atom. The Morgan fingerprint density at radius 2 is 2.58 bits per heavy atom. The van der Waals surface area contributed by atoms with Crippen LogP contribution in [0.2, 0.25) is 0 Å². The van der Waals surface area contributed by atoms with E-state index in [1.54, 1.807) is 0 Å². The van der Waals surface area contributed by atoms with Gasteiger partial charge in [0.05, 0.1) is 25.1 Å². The maximum atomic E-state index is 5.15. The molecule has 12 heavy (non-hydrogen) atoms. The average Bonchev–Trinajstić information content (AvgIpc) is 2.49. The van der Waals surface area contributed by atoms with E-state index in [1.165, 1.54) is 11.5 Å². The first-order chi connectivity index (χ1) is 5.79. The summed E-state index contributed by atoms with van der Waals surface area (Å²) in [6, 6.07) is 0. The monoisotopic (exact) mass is 184 g/mol. The molecule has 4 heteroatoms. The van der Waals surface area contributed by atoms with Gasteiger partial charge in [-0.3, -0.25) is 0 Å². The number of ether oxygens (including phenoxy) is 1. The van der Waals surface area contributed by atoms with Crippen LogP contribution in [0.4, 0.5) is 5.69 Å². The molecule has 1 aliphatic rings. The first-order valence-corrected chi connectivity index (χ1v) is 4.83. The van der Waals surface area contributed by atoms with Gasteiger partial charge in [0.25, 0.3) is 0 Å². The maximum Gasteiger partial charge on any atom is 0.0653 e. The SMILES string of the molecule is CC1(CNc2cnsc2)COC1. The van der Waals surface area contributed by atoms with Crippen molar-refractivity contribution in [2.45, 2.75) is 6.92 Å². The van der Waals surface area contributed by atoms with Gasteiger partial charge in [0.1, 0.15) is 0 Å². The van der Waals surface area contributed by atoms with Crippen LogP contribution >= 0.6 is 11.5 Å². The molecule has 2 heterocycles. The molecule has 1 aromatic rings. The molecular weight excluding hydrogens is 172 g/mol. The van der Waals surface area contributed by atoms with E-state index in [9.17, 15) is 0 Å². The van der Waals surface area contributed by atoms with Gasteiger partial charge >= 0.3 is 0 Å². The Labute approximate surface area is 75.9 Å². The summed E-state index contributed by atoms with van der Waals surface area (Å²) in [4.78, 5) is 0. The lowest BCUT2D eigenvalue weighted by molar-refractivity contribution is -0.0924. The molecule has 0 unspecified atom stereocenters. The number of nitrogens with one attached hydrogen (secondary N) is 1. The van der Waals surface area contributed by atoms with Gasteiger partial charge in [-0.05, 0) is 11.5 Å². The number of rotatable bonds is 3. The minimum Gasteiger partial charge on any atom is -0.382 e. The molecule has 1 aliphatic heterocycles. The maximum absolute atomic E-state index is 5.15. The van der Waals surface area contributed by atoms with Crippen LogP contribution in [0, 0.1) is 5.41 Å². The van der Waals surface area contributed by atoms with Crippen molar-refractivity contribution in [3.05, 3.63) is 11.6 Å². The van der Waals surface area contributed by atoms with Crippen LogP contribution in [0.5, 0.6) is 0 Å². The molecule has 0 aliphatic carbocycles. The van der Waals surface area contributed by atoms with E-state index in [0.717, 1.165) is 25.4 Å². The first-order valence-electron chi connectivity index (χ1n) is 4.00. The van der Waals surface area contributed by atoms with Crippen LogP contribution in [0.15, 0.2) is 11.6 Å². The smallest absolute Gasteiger partial charge is 0.0653 e. The Balaban J connectivity index is 1.82. The van der Waals surface area contributed by atoms with Gasteiger partial charge in [-0.2, -0.15) is 4.37 Å². The van der Waals surface area contributed by atoms with Crippen LogP contribution in [-0.4, -0.2) is 24.1 Å². The van der Waals surface area contributed by atoms with Crippen LogP contribution in [-0.2, 0) is 4.74 Å². The Kier molecular flexibility index (Phi) is 2.02. The van der Waals surface area contributed by atoms with Gasteiger partial charge in [0.2, 0.25) is 0 Å². The standard InChI is InChI=1S/C8H12N2OS/c1-8(5-11-6-8)4-9-7-2-10-12-3-7/h2-3,9H,4-6H2,1H3. The summed E-state index contributed by atoms with van der Waals surface area (Å²) < 4.78 is 9.17. The third-order valence-electron chi connectivity index (χ3n) is 2.05. The van der Waals surface area contributed by atoms with E-state index in [1.807, 2.05) is 11.6 Å². The fraction of sp³-hybridized carbons (Fsp3) is 0.625. The summed E-state index contributed by atoms with van der Waals surface area (Å²) >= 11 is 1.47. The molecule has 0 radical (unpaired) electrons. The van der Waals surface area contributed by atoms with Crippen molar-refractivity contribution in [2.24, 2.45) is 5.41 Å². The second-order valence-corrected chi connectivity index (χ2v) is 4.23. The molecule has 1 N–H and O–H groups in total. The predicted octanol–water partition coefficient (Wildman–Crippen LogP) is 1.59. The highest BCUT2D eigenvalue weighted by atomic mass is 32.1. The highest BCUT2D eigenvalue weighted by molar-refractivity contribution is 7.04. The molecule has 0 bridgehead atoms. The van der Waals surface area contributed by atoms with Gasteiger partial charge < -0.3 is 10.1 Å². The Hall–Kier alpha value is -0.610. The lowest BCUT2D eigenvalue weighted by Crippen LogP contribution is -2.45. The van der Waals surface area contributed by atoms with Crippen molar-refractivity contribution < 1.29 is 4.74 Å². The van der Waals surface area contributed by atoms with E-state index in [0.29, 0.717) is 5.41 Å². The van der Waals surface area contributed by atoms with E-state index in [-0.39, 0.29) is 0 Å². The molecule has 3 nitrogen and oxygen atoms in total. The second-order valence-electron chi connectivity index (χ2n) is 3.57. The van der Waals surface area contributed by atoms with Gasteiger partial charge in [-0.1, -0.05) is 6.92 Å². The number of hydrogen-bond acceptors (Lipinski definition) is 4. The van der Waals surface area contributed by atoms with Crippen molar-refractivity contribution in [2.75, 3.05) is 25.1 Å². The summed E-state index contributed by atoms with van der Waals surface area (Å²) in [5.74, 6) is 0. The highest BCUT2D eigenvalue weighted by Crippen LogP contribution is 2.26. The van der Waals surface area contributed by atoms with E-state index < -0.39 is 0 Å². The van der Waals surface area contributed by atoms with Crippen LogP contribution in [0.3, 0.4) is 0 Å². The zero-order valence-corrected chi connectivity index (χ0v) is 7.86. The molecule has 1 saturated heterocycles. The minimum absolute atomic E-state index is 0.335. The van der Waals surface area contributed by atoms with Gasteiger partial charge in [-0.25, -0.2) is 0 Å². The summed E-state index contributed by atoms with van der Waals surface area (Å²) in [6.45, 7) is 4.95. The lowest BCUT2D eigenvalue weighted by atomic mass is 9.89. The molecule has 1 fully saturated rings. The summed E-state index contributed by atoms with van der Waals surface area (Å²) in [6.07, 6.45) is 1.85. The zero-order valence-electron chi connectivity index (χ0n) is 7.04. The van der Waals surface area contributed by atoms with Gasteiger partial charge in [-0.15, -0.1) is 0 Å². The van der Waals surface area contributed by atoms with Crippen LogP contribution < -0.4 is 5.32 Å². The normalized spacial score (nSPS) is 20.1. The quantitative estimate of drug-likeness (QED) is 0.774. The van der Waals surface area contributed by atoms with Crippen LogP contribution in [0.1, 0.15) is 6.92 Å². The second kappa shape index (κ2) is 3.03. The molecule has 0 spiro atoms. The molecule has 1 aromatic heterocycles. The Morgan fingerprint density at radius 1 is 1.75 bits per heavy atom. The third-order valence-corrected chi connectivity index (χ3v) is 2.64.